The number of hydrogen-bond donors (Lipinski definition) is 2. The van der Waals surface area contributed by atoms with Crippen LogP contribution < -0.4 is 20.3 Å². The molecule has 2 aromatic rings. The van der Waals surface area contributed by atoms with Crippen LogP contribution in [0.1, 0.15) is 39.0 Å². The minimum atomic E-state index is -3.15. The van der Waals surface area contributed by atoms with Gasteiger partial charge >= 0.3 is 12.1 Å². The monoisotopic (exact) mass is 575 g/mol. The molecule has 3 aliphatic heterocycles. The number of ether oxygens (including phenoxy) is 2. The Morgan fingerprint density at radius 1 is 1.07 bits per heavy atom. The molecule has 0 saturated carbocycles. The number of fused-ring (bicyclic) bond motifs is 1. The summed E-state index contributed by atoms with van der Waals surface area (Å²) in [7, 11) is 1.30. The normalized spacial score (nSPS) is 21.2. The van der Waals surface area contributed by atoms with Crippen LogP contribution in [0.3, 0.4) is 0 Å². The highest BCUT2D eigenvalue weighted by Crippen LogP contribution is 2.39. The topological polar surface area (TPSA) is 138 Å². The molecule has 0 radical (unpaired) electrons. The van der Waals surface area contributed by atoms with Gasteiger partial charge in [0.2, 0.25) is 11.8 Å². The molecule has 0 aromatic carbocycles. The Balaban J connectivity index is 1.19. The number of urea groups is 1. The van der Waals surface area contributed by atoms with Crippen LogP contribution in [0.2, 0.25) is 0 Å². The van der Waals surface area contributed by atoms with Gasteiger partial charge < -0.3 is 19.3 Å². The van der Waals surface area contributed by atoms with E-state index in [2.05, 4.69) is 35.5 Å². The van der Waals surface area contributed by atoms with E-state index in [0.29, 0.717) is 13.2 Å². The molecule has 3 amide bonds. The Morgan fingerprint density at radius 3 is 2.56 bits per heavy atom. The molecule has 3 aliphatic rings. The zero-order chi connectivity index (χ0) is 29.0. The average molecular weight is 576 g/mol. The standard InChI is InChI=1S/C26H35F2N9O4/c1-3-40-21-15-30-20(14-31-21)33-23(38)35(2)18-16-36(13-9-26(18,27)28)22-29-10-6-19(32-22)34-24(39)41-17-25-7-4-11-37(25)12-5-8-25/h6,10,14-15,18H,3-5,7-9,11-13,16-17H2,1-2H3,(H,30,33,38)(H,29,32,34,39)/t18-/m0/s1. The second-order valence-electron chi connectivity index (χ2n) is 10.5. The summed E-state index contributed by atoms with van der Waals surface area (Å²) < 4.78 is 40.8. The maximum absolute atomic E-state index is 15.0. The van der Waals surface area contributed by atoms with E-state index in [1.807, 2.05) is 0 Å². The van der Waals surface area contributed by atoms with Crippen LogP contribution in [-0.4, -0.2) is 106 Å². The van der Waals surface area contributed by atoms with Crippen molar-refractivity contribution in [2.24, 2.45) is 0 Å². The van der Waals surface area contributed by atoms with E-state index in [1.165, 1.54) is 31.7 Å². The molecule has 222 valence electrons. The smallest absolute Gasteiger partial charge is 0.412 e. The van der Waals surface area contributed by atoms with Gasteiger partial charge in [-0.25, -0.2) is 33.3 Å². The highest BCUT2D eigenvalue weighted by atomic mass is 19.3. The maximum atomic E-state index is 15.0. The summed E-state index contributed by atoms with van der Waals surface area (Å²) in [4.78, 5) is 46.9. The van der Waals surface area contributed by atoms with Crippen molar-refractivity contribution < 1.29 is 27.8 Å². The lowest BCUT2D eigenvalue weighted by Crippen LogP contribution is -2.60. The Labute approximate surface area is 236 Å². The Hall–Kier alpha value is -3.88. The summed E-state index contributed by atoms with van der Waals surface area (Å²) in [5, 5.41) is 5.11. The van der Waals surface area contributed by atoms with Crippen LogP contribution in [0.4, 0.5) is 36.0 Å². The molecule has 41 heavy (non-hydrogen) atoms. The first-order valence-electron chi connectivity index (χ1n) is 13.8. The zero-order valence-corrected chi connectivity index (χ0v) is 23.2. The summed E-state index contributed by atoms with van der Waals surface area (Å²) in [6.07, 6.45) is 7.15. The van der Waals surface area contributed by atoms with Crippen LogP contribution in [0.5, 0.6) is 5.88 Å². The van der Waals surface area contributed by atoms with Gasteiger partial charge in [0, 0.05) is 32.8 Å². The number of amides is 3. The van der Waals surface area contributed by atoms with Crippen molar-refractivity contribution in [2.75, 3.05) is 62.0 Å². The predicted octanol–water partition coefficient (Wildman–Crippen LogP) is 3.22. The molecular formula is C26H35F2N9O4. The summed E-state index contributed by atoms with van der Waals surface area (Å²) in [6.45, 7) is 4.32. The first-order valence-corrected chi connectivity index (χ1v) is 13.8. The Morgan fingerprint density at radius 2 is 1.85 bits per heavy atom. The number of halogens is 2. The van der Waals surface area contributed by atoms with E-state index in [9.17, 15) is 18.4 Å². The third kappa shape index (κ3) is 6.39. The zero-order valence-electron chi connectivity index (χ0n) is 23.2. The lowest BCUT2D eigenvalue weighted by molar-refractivity contribution is -0.0760. The number of likely N-dealkylation sites (N-methyl/N-ethyl adjacent to an activating group) is 1. The van der Waals surface area contributed by atoms with Crippen molar-refractivity contribution in [2.45, 2.75) is 56.5 Å². The fraction of sp³-hybridized carbons (Fsp3) is 0.615. The first-order chi connectivity index (χ1) is 19.7. The summed E-state index contributed by atoms with van der Waals surface area (Å²) in [5.41, 5.74) is -0.0694. The van der Waals surface area contributed by atoms with Gasteiger partial charge in [0.1, 0.15) is 18.5 Å². The summed E-state index contributed by atoms with van der Waals surface area (Å²) in [5.74, 6) is -2.41. The lowest BCUT2D eigenvalue weighted by atomic mass is 9.95. The van der Waals surface area contributed by atoms with Gasteiger partial charge in [0.15, 0.2) is 5.82 Å². The van der Waals surface area contributed by atoms with Crippen molar-refractivity contribution in [3.05, 3.63) is 24.7 Å². The van der Waals surface area contributed by atoms with Gasteiger partial charge in [0.25, 0.3) is 5.92 Å². The van der Waals surface area contributed by atoms with Crippen LogP contribution in [0.15, 0.2) is 24.7 Å². The molecule has 2 aromatic heterocycles. The number of piperidine rings is 1. The average Bonchev–Trinajstić information content (AvgIpc) is 3.53. The largest absolute Gasteiger partial charge is 0.477 e. The SMILES string of the molecule is CCOc1cnc(NC(=O)N(C)[C@H]2CN(c3nccc(NC(=O)OCC45CCCN4CCC5)n3)CCC2(F)F)cn1. The molecule has 15 heteroatoms. The van der Waals surface area contributed by atoms with E-state index in [0.717, 1.165) is 43.7 Å². The van der Waals surface area contributed by atoms with Crippen molar-refractivity contribution in [3.8, 4) is 5.88 Å². The third-order valence-electron chi connectivity index (χ3n) is 7.98. The third-order valence-corrected chi connectivity index (χ3v) is 7.98. The van der Waals surface area contributed by atoms with Crippen LogP contribution in [0.25, 0.3) is 0 Å². The van der Waals surface area contributed by atoms with Crippen molar-refractivity contribution >= 4 is 29.7 Å². The van der Waals surface area contributed by atoms with Crippen molar-refractivity contribution in [1.82, 2.24) is 29.7 Å². The molecule has 0 spiro atoms. The van der Waals surface area contributed by atoms with E-state index in [-0.39, 0.29) is 42.1 Å². The molecule has 0 unspecified atom stereocenters. The summed E-state index contributed by atoms with van der Waals surface area (Å²) >= 11 is 0. The molecule has 0 aliphatic carbocycles. The minimum Gasteiger partial charge on any atom is -0.477 e. The van der Waals surface area contributed by atoms with Gasteiger partial charge in [-0.3, -0.25) is 15.5 Å². The van der Waals surface area contributed by atoms with Crippen LogP contribution in [-0.2, 0) is 4.74 Å². The maximum Gasteiger partial charge on any atom is 0.412 e. The number of alkyl halides is 2. The number of rotatable bonds is 8. The van der Waals surface area contributed by atoms with E-state index >= 15 is 0 Å². The number of aromatic nitrogens is 4. The van der Waals surface area contributed by atoms with E-state index in [1.54, 1.807) is 11.8 Å². The molecule has 0 bridgehead atoms. The molecule has 13 nitrogen and oxygen atoms in total. The fourth-order valence-electron chi connectivity index (χ4n) is 5.79. The first kappa shape index (κ1) is 28.6. The number of carbonyl (C=O) groups is 2. The van der Waals surface area contributed by atoms with Gasteiger partial charge in [0.05, 0.1) is 24.5 Å². The highest BCUT2D eigenvalue weighted by molar-refractivity contribution is 5.88. The fourth-order valence-corrected chi connectivity index (χ4v) is 5.79. The van der Waals surface area contributed by atoms with Gasteiger partial charge in [-0.15, -0.1) is 0 Å². The molecular weight excluding hydrogens is 540 g/mol. The van der Waals surface area contributed by atoms with Gasteiger partial charge in [-0.2, -0.15) is 4.98 Å². The second-order valence-corrected chi connectivity index (χ2v) is 10.5. The van der Waals surface area contributed by atoms with E-state index < -0.39 is 30.5 Å². The predicted molar refractivity (Wildman–Crippen MR) is 145 cm³/mol. The number of hydrogen-bond acceptors (Lipinski definition) is 10. The van der Waals surface area contributed by atoms with Crippen molar-refractivity contribution in [3.63, 3.8) is 0 Å². The number of carbonyl (C=O) groups excluding carboxylic acids is 2. The summed E-state index contributed by atoms with van der Waals surface area (Å²) in [6, 6.07) is -0.734. The number of nitrogens with one attached hydrogen (secondary N) is 2. The van der Waals surface area contributed by atoms with E-state index in [4.69, 9.17) is 9.47 Å². The van der Waals surface area contributed by atoms with Crippen LogP contribution >= 0.6 is 0 Å². The molecule has 5 heterocycles. The van der Waals surface area contributed by atoms with Crippen LogP contribution in [0, 0.1) is 0 Å². The lowest BCUT2D eigenvalue weighted by Gasteiger charge is -2.42. The second kappa shape index (κ2) is 11.9. The minimum absolute atomic E-state index is 0.0322. The number of anilines is 3. The highest BCUT2D eigenvalue weighted by Gasteiger charge is 2.48. The van der Waals surface area contributed by atoms with Gasteiger partial charge in [-0.1, -0.05) is 0 Å². The quantitative estimate of drug-likeness (QED) is 0.483. The van der Waals surface area contributed by atoms with Gasteiger partial charge in [-0.05, 0) is 51.8 Å². The number of nitrogens with zero attached hydrogens (tertiary/aromatic N) is 7. The molecule has 5 rings (SSSR count). The van der Waals surface area contributed by atoms with Crippen molar-refractivity contribution in [1.29, 1.82) is 0 Å². The Bertz CT molecular complexity index is 1230. The molecule has 1 atom stereocenters. The molecule has 2 N–H and O–H groups in total. The molecule has 3 fully saturated rings. The molecule has 3 saturated heterocycles. The Kier molecular flexibility index (Phi) is 8.33.